The molecule has 1 unspecified atom stereocenters. The monoisotopic (exact) mass is 303 g/mol. The van der Waals surface area contributed by atoms with Crippen molar-refractivity contribution in [3.8, 4) is 5.75 Å². The summed E-state index contributed by atoms with van der Waals surface area (Å²) in [7, 11) is 1.76. The Bertz CT molecular complexity index is 652. The molecule has 4 heteroatoms. The highest BCUT2D eigenvalue weighted by Crippen LogP contribution is 2.25. The summed E-state index contributed by atoms with van der Waals surface area (Å²) in [5.41, 5.74) is 2.35. The highest BCUT2D eigenvalue weighted by molar-refractivity contribution is 6.31. The Morgan fingerprint density at radius 1 is 1.19 bits per heavy atom. The fraction of sp³-hybridized carbons (Fsp3) is 0.235. The third-order valence-electron chi connectivity index (χ3n) is 3.77. The lowest BCUT2D eigenvalue weighted by Crippen LogP contribution is -2.30. The number of carbonyl (C=O) groups is 1. The van der Waals surface area contributed by atoms with Gasteiger partial charge in [-0.15, -0.1) is 0 Å². The fourth-order valence-corrected chi connectivity index (χ4v) is 2.36. The number of carbonyl (C=O) groups excluding carboxylic acids is 1. The van der Waals surface area contributed by atoms with Crippen LogP contribution in [0.1, 0.15) is 34.5 Å². The number of hydrogen-bond donors (Lipinski definition) is 1. The highest BCUT2D eigenvalue weighted by Gasteiger charge is 2.20. The van der Waals surface area contributed by atoms with Gasteiger partial charge in [-0.25, -0.2) is 0 Å². The summed E-state index contributed by atoms with van der Waals surface area (Å²) >= 11 is 6.08. The predicted octanol–water partition coefficient (Wildman–Crippen LogP) is 4.19. The van der Waals surface area contributed by atoms with E-state index in [0.29, 0.717) is 10.6 Å². The smallest absolute Gasteiger partial charge is 0.254 e. The van der Waals surface area contributed by atoms with E-state index in [0.717, 1.165) is 11.1 Å². The van der Waals surface area contributed by atoms with Crippen molar-refractivity contribution in [2.75, 3.05) is 7.05 Å². The quantitative estimate of drug-likeness (QED) is 0.923. The van der Waals surface area contributed by atoms with E-state index in [9.17, 15) is 9.90 Å². The van der Waals surface area contributed by atoms with Crippen molar-refractivity contribution in [2.24, 2.45) is 0 Å². The molecule has 0 aliphatic heterocycles. The number of phenols is 1. The summed E-state index contributed by atoms with van der Waals surface area (Å²) in [6.07, 6.45) is 0. The molecular formula is C17H18ClNO2. The maximum atomic E-state index is 12.6. The molecule has 21 heavy (non-hydrogen) atoms. The summed E-state index contributed by atoms with van der Waals surface area (Å²) < 4.78 is 0. The van der Waals surface area contributed by atoms with Gasteiger partial charge in [-0.2, -0.15) is 0 Å². The Balaban J connectivity index is 2.26. The Kier molecular flexibility index (Phi) is 4.53. The number of rotatable bonds is 3. The van der Waals surface area contributed by atoms with Gasteiger partial charge in [-0.1, -0.05) is 29.8 Å². The molecule has 3 nitrogen and oxygen atoms in total. The number of aromatic hydroxyl groups is 1. The van der Waals surface area contributed by atoms with Crippen molar-refractivity contribution in [2.45, 2.75) is 19.9 Å². The zero-order valence-electron chi connectivity index (χ0n) is 12.3. The molecule has 0 aliphatic rings. The van der Waals surface area contributed by atoms with Gasteiger partial charge in [0.2, 0.25) is 0 Å². The van der Waals surface area contributed by atoms with Gasteiger partial charge in [0.25, 0.3) is 5.91 Å². The second-order valence-corrected chi connectivity index (χ2v) is 5.50. The first-order valence-electron chi connectivity index (χ1n) is 6.73. The van der Waals surface area contributed by atoms with Crippen LogP contribution in [-0.4, -0.2) is 23.0 Å². The largest absolute Gasteiger partial charge is 0.508 e. The Hall–Kier alpha value is -2.00. The van der Waals surface area contributed by atoms with Crippen LogP contribution < -0.4 is 0 Å². The summed E-state index contributed by atoms with van der Waals surface area (Å²) in [6, 6.07) is 12.1. The number of hydrogen-bond acceptors (Lipinski definition) is 2. The van der Waals surface area contributed by atoms with Crippen LogP contribution in [0.2, 0.25) is 5.02 Å². The lowest BCUT2D eigenvalue weighted by atomic mass is 10.0. The molecule has 0 saturated carbocycles. The average Bonchev–Trinajstić information content (AvgIpc) is 2.48. The van der Waals surface area contributed by atoms with E-state index in [2.05, 4.69) is 0 Å². The van der Waals surface area contributed by atoms with E-state index in [1.807, 2.05) is 26.0 Å². The normalized spacial score (nSPS) is 12.0. The molecule has 1 amide bonds. The van der Waals surface area contributed by atoms with Crippen LogP contribution in [0.4, 0.5) is 0 Å². The van der Waals surface area contributed by atoms with Crippen molar-refractivity contribution in [3.05, 3.63) is 64.2 Å². The minimum atomic E-state index is -0.100. The number of halogens is 1. The van der Waals surface area contributed by atoms with E-state index >= 15 is 0 Å². The summed E-state index contributed by atoms with van der Waals surface area (Å²) in [6.45, 7) is 3.79. The van der Waals surface area contributed by atoms with Crippen molar-refractivity contribution in [3.63, 3.8) is 0 Å². The molecule has 1 N–H and O–H groups in total. The number of phenolic OH excluding ortho intramolecular Hbond substituents is 1. The molecule has 110 valence electrons. The first kappa shape index (κ1) is 15.4. The molecule has 2 aromatic rings. The number of benzene rings is 2. The van der Waals surface area contributed by atoms with Crippen molar-refractivity contribution in [1.29, 1.82) is 0 Å². The molecule has 0 radical (unpaired) electrons. The fourth-order valence-electron chi connectivity index (χ4n) is 2.18. The van der Waals surface area contributed by atoms with Gasteiger partial charge in [0.15, 0.2) is 0 Å². The molecule has 0 aromatic heterocycles. The van der Waals surface area contributed by atoms with Gasteiger partial charge >= 0.3 is 0 Å². The first-order chi connectivity index (χ1) is 9.91. The van der Waals surface area contributed by atoms with Crippen LogP contribution in [0, 0.1) is 6.92 Å². The molecule has 0 bridgehead atoms. The number of amides is 1. The lowest BCUT2D eigenvalue weighted by Gasteiger charge is -2.26. The van der Waals surface area contributed by atoms with Crippen LogP contribution >= 0.6 is 11.6 Å². The van der Waals surface area contributed by atoms with Crippen molar-refractivity contribution >= 4 is 17.5 Å². The second kappa shape index (κ2) is 6.19. The average molecular weight is 304 g/mol. The molecule has 0 spiro atoms. The van der Waals surface area contributed by atoms with Gasteiger partial charge in [0, 0.05) is 17.6 Å². The summed E-state index contributed by atoms with van der Waals surface area (Å²) in [5.74, 6) is 0.140. The first-order valence-corrected chi connectivity index (χ1v) is 7.11. The SMILES string of the molecule is Cc1c(Cl)cccc1C(=O)N(C)C(C)c1ccc(O)cc1. The second-order valence-electron chi connectivity index (χ2n) is 5.10. The third-order valence-corrected chi connectivity index (χ3v) is 4.18. The van der Waals surface area contributed by atoms with Crippen molar-refractivity contribution < 1.29 is 9.90 Å². The van der Waals surface area contributed by atoms with Crippen LogP contribution in [0.3, 0.4) is 0 Å². The van der Waals surface area contributed by atoms with Crippen LogP contribution in [0.5, 0.6) is 5.75 Å². The Morgan fingerprint density at radius 3 is 2.43 bits per heavy atom. The molecular weight excluding hydrogens is 286 g/mol. The molecule has 0 aliphatic carbocycles. The Labute approximate surface area is 129 Å². The van der Waals surface area contributed by atoms with Gasteiger partial charge in [0.05, 0.1) is 6.04 Å². The minimum absolute atomic E-state index is 0.0735. The maximum Gasteiger partial charge on any atom is 0.254 e. The van der Waals surface area contributed by atoms with E-state index < -0.39 is 0 Å². The minimum Gasteiger partial charge on any atom is -0.508 e. The predicted molar refractivity (Wildman–Crippen MR) is 84.8 cm³/mol. The highest BCUT2D eigenvalue weighted by atomic mass is 35.5. The topological polar surface area (TPSA) is 40.5 Å². The molecule has 0 fully saturated rings. The van der Waals surface area contributed by atoms with Crippen LogP contribution in [0.25, 0.3) is 0 Å². The lowest BCUT2D eigenvalue weighted by molar-refractivity contribution is 0.0742. The van der Waals surface area contributed by atoms with E-state index in [4.69, 9.17) is 11.6 Å². The zero-order chi connectivity index (χ0) is 15.6. The van der Waals surface area contributed by atoms with E-state index in [1.54, 1.807) is 42.3 Å². The van der Waals surface area contributed by atoms with E-state index in [1.165, 1.54) is 0 Å². The zero-order valence-corrected chi connectivity index (χ0v) is 13.1. The standard InChI is InChI=1S/C17H18ClNO2/c1-11-15(5-4-6-16(11)18)17(21)19(3)12(2)13-7-9-14(20)10-8-13/h4-10,12,20H,1-3H3. The molecule has 0 saturated heterocycles. The van der Waals surface area contributed by atoms with Gasteiger partial charge in [0.1, 0.15) is 5.75 Å². The van der Waals surface area contributed by atoms with Gasteiger partial charge < -0.3 is 10.0 Å². The molecule has 0 heterocycles. The Morgan fingerprint density at radius 2 is 1.81 bits per heavy atom. The molecule has 1 atom stereocenters. The third kappa shape index (κ3) is 3.19. The van der Waals surface area contributed by atoms with Crippen LogP contribution in [0.15, 0.2) is 42.5 Å². The summed E-state index contributed by atoms with van der Waals surface area (Å²) in [5, 5.41) is 9.93. The van der Waals surface area contributed by atoms with Gasteiger partial charge in [-0.05, 0) is 49.2 Å². The molecule has 2 rings (SSSR count). The van der Waals surface area contributed by atoms with Crippen LogP contribution in [-0.2, 0) is 0 Å². The van der Waals surface area contributed by atoms with Crippen molar-refractivity contribution in [1.82, 2.24) is 4.90 Å². The summed E-state index contributed by atoms with van der Waals surface area (Å²) in [4.78, 5) is 14.3. The van der Waals surface area contributed by atoms with Gasteiger partial charge in [-0.3, -0.25) is 4.79 Å². The maximum absolute atomic E-state index is 12.6. The van der Waals surface area contributed by atoms with E-state index in [-0.39, 0.29) is 17.7 Å². The molecule has 2 aromatic carbocycles. The number of nitrogens with zero attached hydrogens (tertiary/aromatic N) is 1.